The minimum absolute atomic E-state index is 0.160. The van der Waals surface area contributed by atoms with Crippen molar-refractivity contribution in [1.82, 2.24) is 14.7 Å². The van der Waals surface area contributed by atoms with E-state index in [0.29, 0.717) is 30.6 Å². The van der Waals surface area contributed by atoms with Gasteiger partial charge in [0.1, 0.15) is 22.3 Å². The summed E-state index contributed by atoms with van der Waals surface area (Å²) >= 11 is 0. The van der Waals surface area contributed by atoms with Gasteiger partial charge in [-0.2, -0.15) is 0 Å². The molecule has 36 heavy (non-hydrogen) atoms. The average Bonchev–Trinajstić information content (AvgIpc) is 3.11. The van der Waals surface area contributed by atoms with Gasteiger partial charge in [0.05, 0.1) is 17.9 Å². The van der Waals surface area contributed by atoms with E-state index in [1.807, 2.05) is 31.2 Å². The number of amides is 1. The molecule has 0 aliphatic carbocycles. The van der Waals surface area contributed by atoms with Gasteiger partial charge in [0, 0.05) is 23.8 Å². The Bertz CT molecular complexity index is 1390. The number of aromatic nitrogens is 2. The summed E-state index contributed by atoms with van der Waals surface area (Å²) in [5.41, 5.74) is 7.10. The molecule has 0 saturated carbocycles. The van der Waals surface area contributed by atoms with Crippen LogP contribution in [0.25, 0.3) is 11.3 Å². The van der Waals surface area contributed by atoms with Gasteiger partial charge >= 0.3 is 0 Å². The second kappa shape index (κ2) is 9.77. The number of pyridine rings is 2. The Balaban J connectivity index is 1.78. The fraction of sp³-hybridized carbons (Fsp3) is 0.346. The van der Waals surface area contributed by atoms with Crippen molar-refractivity contribution in [1.29, 1.82) is 0 Å². The minimum atomic E-state index is -4.24. The number of ether oxygens (including phenoxy) is 1. The number of carbonyl (C=O) groups is 1. The maximum Gasteiger partial charge on any atom is 0.268 e. The first-order valence-corrected chi connectivity index (χ1v) is 13.3. The lowest BCUT2D eigenvalue weighted by Gasteiger charge is -2.36. The molecule has 9 nitrogen and oxygen atoms in total. The Morgan fingerprint density at radius 3 is 2.67 bits per heavy atom. The van der Waals surface area contributed by atoms with Gasteiger partial charge in [-0.05, 0) is 69.5 Å². The third kappa shape index (κ3) is 4.86. The van der Waals surface area contributed by atoms with Gasteiger partial charge in [-0.25, -0.2) is 23.1 Å². The summed E-state index contributed by atoms with van der Waals surface area (Å²) in [4.78, 5) is 23.9. The average molecular weight is 510 g/mol. The quantitative estimate of drug-likeness (QED) is 0.491. The van der Waals surface area contributed by atoms with E-state index in [1.165, 1.54) is 18.3 Å². The molecule has 3 aromatic rings. The van der Waals surface area contributed by atoms with Crippen LogP contribution in [0.5, 0.6) is 5.75 Å². The van der Waals surface area contributed by atoms with E-state index in [9.17, 15) is 13.2 Å². The summed E-state index contributed by atoms with van der Waals surface area (Å²) in [5, 5.41) is 0. The van der Waals surface area contributed by atoms with Crippen LogP contribution < -0.4 is 20.1 Å². The van der Waals surface area contributed by atoms with Crippen molar-refractivity contribution in [2.75, 3.05) is 23.8 Å². The number of nitrogens with one attached hydrogen (secondary N) is 1. The highest BCUT2D eigenvalue weighted by atomic mass is 32.2. The number of carbonyl (C=O) groups excluding carboxylic acids is 1. The highest BCUT2D eigenvalue weighted by Crippen LogP contribution is 2.39. The normalized spacial score (nSPS) is 17.1. The SMILES string of the molecule is CCOc1cccc(-c2ccc(C(=O)NS(=O)(=O)c3cccnc3N)c(N3CCC(C)C3(C)C)n2)c1. The Hall–Kier alpha value is -3.66. The monoisotopic (exact) mass is 509 g/mol. The Morgan fingerprint density at radius 1 is 1.22 bits per heavy atom. The number of anilines is 2. The molecular formula is C26H31N5O4S. The summed E-state index contributed by atoms with van der Waals surface area (Å²) in [6.45, 7) is 9.50. The van der Waals surface area contributed by atoms with E-state index in [-0.39, 0.29) is 21.8 Å². The Morgan fingerprint density at radius 2 is 2.00 bits per heavy atom. The van der Waals surface area contributed by atoms with Crippen molar-refractivity contribution in [2.24, 2.45) is 5.92 Å². The van der Waals surface area contributed by atoms with Gasteiger partial charge in [-0.3, -0.25) is 4.79 Å². The first kappa shape index (κ1) is 25.4. The summed E-state index contributed by atoms with van der Waals surface area (Å²) in [6, 6.07) is 13.6. The Labute approximate surface area is 211 Å². The molecular weight excluding hydrogens is 478 g/mol. The maximum atomic E-state index is 13.4. The lowest BCUT2D eigenvalue weighted by Crippen LogP contribution is -2.43. The van der Waals surface area contributed by atoms with Crippen molar-refractivity contribution in [3.8, 4) is 17.0 Å². The molecule has 3 heterocycles. The Kier molecular flexibility index (Phi) is 6.90. The van der Waals surface area contributed by atoms with Crippen LogP contribution in [0.4, 0.5) is 11.6 Å². The number of nitrogens with two attached hydrogens (primary N) is 1. The number of nitrogen functional groups attached to an aromatic ring is 1. The zero-order valence-electron chi connectivity index (χ0n) is 20.9. The maximum absolute atomic E-state index is 13.4. The first-order chi connectivity index (χ1) is 17.0. The predicted octanol–water partition coefficient (Wildman–Crippen LogP) is 3.87. The molecule has 1 amide bonds. The second-order valence-corrected chi connectivity index (χ2v) is 11.0. The lowest BCUT2D eigenvalue weighted by molar-refractivity contribution is 0.0981. The summed E-state index contributed by atoms with van der Waals surface area (Å²) in [6.07, 6.45) is 2.30. The van der Waals surface area contributed by atoms with Gasteiger partial charge in [-0.1, -0.05) is 19.1 Å². The van der Waals surface area contributed by atoms with E-state index in [0.717, 1.165) is 17.7 Å². The van der Waals surface area contributed by atoms with Gasteiger partial charge in [0.25, 0.3) is 15.9 Å². The van der Waals surface area contributed by atoms with E-state index in [1.54, 1.807) is 12.1 Å². The molecule has 3 N–H and O–H groups in total. The smallest absolute Gasteiger partial charge is 0.268 e. The molecule has 190 valence electrons. The zero-order valence-corrected chi connectivity index (χ0v) is 21.7. The van der Waals surface area contributed by atoms with E-state index >= 15 is 0 Å². The molecule has 1 unspecified atom stereocenters. The number of sulfonamides is 1. The molecule has 4 rings (SSSR count). The third-order valence-electron chi connectivity index (χ3n) is 6.82. The van der Waals surface area contributed by atoms with Crippen molar-refractivity contribution in [3.63, 3.8) is 0 Å². The zero-order chi connectivity index (χ0) is 26.1. The van der Waals surface area contributed by atoms with Crippen molar-refractivity contribution in [3.05, 3.63) is 60.3 Å². The topological polar surface area (TPSA) is 128 Å². The van der Waals surface area contributed by atoms with Crippen LogP contribution in [0.15, 0.2) is 59.6 Å². The molecule has 0 spiro atoms. The molecule has 10 heteroatoms. The standard InChI is InChI=1S/C26H31N5O4S/c1-5-35-19-9-6-8-18(16-19)21-12-11-20(24(29-21)31-15-13-17(2)26(31,3)4)25(32)30-36(33,34)22-10-7-14-28-23(22)27/h6-12,14,16-17H,5,13,15H2,1-4H3,(H2,27,28)(H,30,32). The fourth-order valence-corrected chi connectivity index (χ4v) is 5.42. The van der Waals surface area contributed by atoms with E-state index in [2.05, 4.69) is 35.4 Å². The third-order valence-corrected chi connectivity index (χ3v) is 8.20. The van der Waals surface area contributed by atoms with Gasteiger partial charge in [0.15, 0.2) is 0 Å². The van der Waals surface area contributed by atoms with Crippen LogP contribution in [-0.2, 0) is 10.0 Å². The van der Waals surface area contributed by atoms with Crippen LogP contribution in [0, 0.1) is 5.92 Å². The lowest BCUT2D eigenvalue weighted by atomic mass is 9.90. The van der Waals surface area contributed by atoms with Gasteiger partial charge in [-0.15, -0.1) is 0 Å². The van der Waals surface area contributed by atoms with Crippen LogP contribution in [0.1, 0.15) is 44.5 Å². The summed E-state index contributed by atoms with van der Waals surface area (Å²) in [7, 11) is -4.24. The van der Waals surface area contributed by atoms with Gasteiger partial charge in [0.2, 0.25) is 0 Å². The largest absolute Gasteiger partial charge is 0.494 e. The molecule has 2 aromatic heterocycles. The second-order valence-electron chi connectivity index (χ2n) is 9.34. The fourth-order valence-electron chi connectivity index (χ4n) is 4.38. The first-order valence-electron chi connectivity index (χ1n) is 11.8. The highest BCUT2D eigenvalue weighted by Gasteiger charge is 2.41. The molecule has 1 atom stereocenters. The summed E-state index contributed by atoms with van der Waals surface area (Å²) < 4.78 is 33.6. The van der Waals surface area contributed by atoms with E-state index in [4.69, 9.17) is 15.5 Å². The molecule has 1 aromatic carbocycles. The molecule has 0 bridgehead atoms. The molecule has 1 aliphatic rings. The predicted molar refractivity (Wildman–Crippen MR) is 139 cm³/mol. The molecule has 0 radical (unpaired) electrons. The number of hydrogen-bond donors (Lipinski definition) is 2. The van der Waals surface area contributed by atoms with Crippen LogP contribution in [-0.4, -0.2) is 43.0 Å². The van der Waals surface area contributed by atoms with Crippen molar-refractivity contribution < 1.29 is 17.9 Å². The number of nitrogens with zero attached hydrogens (tertiary/aromatic N) is 3. The highest BCUT2D eigenvalue weighted by molar-refractivity contribution is 7.90. The number of benzene rings is 1. The number of hydrogen-bond acceptors (Lipinski definition) is 8. The molecule has 1 fully saturated rings. The van der Waals surface area contributed by atoms with Crippen LogP contribution in [0.3, 0.4) is 0 Å². The van der Waals surface area contributed by atoms with Gasteiger partial charge < -0.3 is 15.4 Å². The van der Waals surface area contributed by atoms with Crippen molar-refractivity contribution >= 4 is 27.6 Å². The number of rotatable bonds is 7. The van der Waals surface area contributed by atoms with Crippen molar-refractivity contribution in [2.45, 2.75) is 44.6 Å². The van der Waals surface area contributed by atoms with E-state index < -0.39 is 15.9 Å². The minimum Gasteiger partial charge on any atom is -0.494 e. The molecule has 1 saturated heterocycles. The van der Waals surface area contributed by atoms with Crippen LogP contribution >= 0.6 is 0 Å². The summed E-state index contributed by atoms with van der Waals surface area (Å²) in [5.74, 6) is 0.519. The van der Waals surface area contributed by atoms with Crippen LogP contribution in [0.2, 0.25) is 0 Å². The molecule has 1 aliphatic heterocycles.